The molecule has 0 saturated carbocycles. The molecule has 1 aromatic rings. The van der Waals surface area contributed by atoms with E-state index in [1.807, 2.05) is 7.05 Å². The Morgan fingerprint density at radius 1 is 1.17 bits per heavy atom. The summed E-state index contributed by atoms with van der Waals surface area (Å²) in [6, 6.07) is 5.14. The quantitative estimate of drug-likeness (QED) is 0.854. The summed E-state index contributed by atoms with van der Waals surface area (Å²) in [6.45, 7) is 2.81. The zero-order valence-corrected chi connectivity index (χ0v) is 13.7. The molecule has 23 heavy (non-hydrogen) atoms. The Morgan fingerprint density at radius 2 is 1.87 bits per heavy atom. The molecule has 2 aliphatic heterocycles. The highest BCUT2D eigenvalue weighted by Gasteiger charge is 2.39. The van der Waals surface area contributed by atoms with Gasteiger partial charge in [0.15, 0.2) is 0 Å². The summed E-state index contributed by atoms with van der Waals surface area (Å²) in [5, 5.41) is 8.93. The SMILES string of the molecule is CN1C[C@@H]2COC[C@H](C1)N(S(=O)(=O)c1ccc(C(=O)O)cc1)C2. The predicted octanol–water partition coefficient (Wildman–Crippen LogP) is 0.336. The van der Waals surface area contributed by atoms with Crippen molar-refractivity contribution in [3.05, 3.63) is 29.8 Å². The van der Waals surface area contributed by atoms with Crippen LogP contribution in [0.15, 0.2) is 29.2 Å². The number of hydrogen-bond donors (Lipinski definition) is 1. The minimum Gasteiger partial charge on any atom is -0.478 e. The standard InChI is InChI=1S/C15H20N2O5S/c1-16-6-11-7-17(13(8-16)10-22-9-11)23(20,21)14-4-2-12(3-5-14)15(18)19/h2-5,11,13H,6-10H2,1H3,(H,18,19)/t11-,13-/m0/s1. The van der Waals surface area contributed by atoms with Gasteiger partial charge in [-0.15, -0.1) is 0 Å². The van der Waals surface area contributed by atoms with Crippen LogP contribution in [0.2, 0.25) is 0 Å². The summed E-state index contributed by atoms with van der Waals surface area (Å²) >= 11 is 0. The lowest BCUT2D eigenvalue weighted by Gasteiger charge is -2.29. The number of hydrogen-bond acceptors (Lipinski definition) is 5. The van der Waals surface area contributed by atoms with Gasteiger partial charge in [0.2, 0.25) is 10.0 Å². The molecule has 126 valence electrons. The average molecular weight is 340 g/mol. The van der Waals surface area contributed by atoms with E-state index in [0.717, 1.165) is 6.54 Å². The van der Waals surface area contributed by atoms with Gasteiger partial charge in [0.25, 0.3) is 0 Å². The highest BCUT2D eigenvalue weighted by atomic mass is 32.2. The van der Waals surface area contributed by atoms with Crippen molar-refractivity contribution in [2.45, 2.75) is 10.9 Å². The number of fused-ring (bicyclic) bond motifs is 3. The fraction of sp³-hybridized carbons (Fsp3) is 0.533. The van der Waals surface area contributed by atoms with Gasteiger partial charge >= 0.3 is 5.97 Å². The molecule has 2 heterocycles. The minimum atomic E-state index is -3.67. The van der Waals surface area contributed by atoms with Crippen LogP contribution in [-0.2, 0) is 14.8 Å². The lowest BCUT2D eigenvalue weighted by molar-refractivity contribution is 0.0659. The van der Waals surface area contributed by atoms with Crippen LogP contribution in [0, 0.1) is 5.92 Å². The molecule has 2 atom stereocenters. The predicted molar refractivity (Wildman–Crippen MR) is 82.9 cm³/mol. The monoisotopic (exact) mass is 340 g/mol. The van der Waals surface area contributed by atoms with E-state index >= 15 is 0 Å². The molecule has 2 fully saturated rings. The molecule has 0 amide bonds. The zero-order valence-electron chi connectivity index (χ0n) is 12.9. The maximum Gasteiger partial charge on any atom is 0.335 e. The third kappa shape index (κ3) is 3.25. The summed E-state index contributed by atoms with van der Waals surface area (Å²) in [7, 11) is -1.68. The first-order chi connectivity index (χ1) is 10.9. The maximum absolute atomic E-state index is 13.0. The van der Waals surface area contributed by atoms with E-state index in [-0.39, 0.29) is 22.4 Å². The van der Waals surface area contributed by atoms with E-state index in [1.165, 1.54) is 28.6 Å². The van der Waals surface area contributed by atoms with Crippen molar-refractivity contribution in [2.24, 2.45) is 5.92 Å². The van der Waals surface area contributed by atoms with Crippen LogP contribution >= 0.6 is 0 Å². The first-order valence-corrected chi connectivity index (χ1v) is 8.93. The molecule has 0 spiro atoms. The topological polar surface area (TPSA) is 87.2 Å². The van der Waals surface area contributed by atoms with Crippen molar-refractivity contribution < 1.29 is 23.1 Å². The first-order valence-electron chi connectivity index (χ1n) is 7.49. The number of sulfonamides is 1. The van der Waals surface area contributed by atoms with E-state index in [2.05, 4.69) is 4.90 Å². The van der Waals surface area contributed by atoms with Crippen LogP contribution in [0.1, 0.15) is 10.4 Å². The fourth-order valence-corrected chi connectivity index (χ4v) is 4.92. The number of carboxylic acid groups (broad SMARTS) is 1. The molecule has 2 aliphatic rings. The molecule has 0 aromatic heterocycles. The summed E-state index contributed by atoms with van der Waals surface area (Å²) in [4.78, 5) is 13.2. The Labute approximate surface area is 135 Å². The number of ether oxygens (including phenoxy) is 1. The Morgan fingerprint density at radius 3 is 2.52 bits per heavy atom. The molecule has 7 nitrogen and oxygen atoms in total. The van der Waals surface area contributed by atoms with E-state index in [1.54, 1.807) is 0 Å². The summed E-state index contributed by atoms with van der Waals surface area (Å²) in [5.41, 5.74) is 0.0709. The van der Waals surface area contributed by atoms with Gasteiger partial charge in [-0.05, 0) is 31.3 Å². The van der Waals surface area contributed by atoms with Gasteiger partial charge in [-0.2, -0.15) is 4.31 Å². The Balaban J connectivity index is 1.93. The van der Waals surface area contributed by atoms with Gasteiger partial charge in [-0.25, -0.2) is 13.2 Å². The van der Waals surface area contributed by atoms with Crippen molar-refractivity contribution >= 4 is 16.0 Å². The second-order valence-corrected chi connectivity index (χ2v) is 8.07. The molecule has 2 bridgehead atoms. The maximum atomic E-state index is 13.0. The number of carbonyl (C=O) groups is 1. The van der Waals surface area contributed by atoms with Crippen LogP contribution in [0.5, 0.6) is 0 Å². The molecular weight excluding hydrogens is 320 g/mol. The summed E-state index contributed by atoms with van der Waals surface area (Å²) in [6.07, 6.45) is 0. The zero-order chi connectivity index (χ0) is 16.6. The Hall–Kier alpha value is -1.48. The normalized spacial score (nSPS) is 26.7. The van der Waals surface area contributed by atoms with E-state index in [0.29, 0.717) is 26.3 Å². The summed E-state index contributed by atoms with van der Waals surface area (Å²) in [5.74, 6) is -0.935. The second-order valence-electron chi connectivity index (χ2n) is 6.18. The van der Waals surface area contributed by atoms with Gasteiger partial charge in [0.1, 0.15) is 0 Å². The largest absolute Gasteiger partial charge is 0.478 e. The highest BCUT2D eigenvalue weighted by Crippen LogP contribution is 2.26. The molecular formula is C15H20N2O5S. The van der Waals surface area contributed by atoms with Crippen molar-refractivity contribution in [1.82, 2.24) is 9.21 Å². The molecule has 3 rings (SSSR count). The van der Waals surface area contributed by atoms with Gasteiger partial charge in [-0.1, -0.05) is 0 Å². The van der Waals surface area contributed by atoms with E-state index < -0.39 is 16.0 Å². The van der Waals surface area contributed by atoms with Crippen molar-refractivity contribution in [3.63, 3.8) is 0 Å². The number of nitrogens with zero attached hydrogens (tertiary/aromatic N) is 2. The molecule has 0 radical (unpaired) electrons. The van der Waals surface area contributed by atoms with Crippen molar-refractivity contribution in [2.75, 3.05) is 39.9 Å². The fourth-order valence-electron chi connectivity index (χ4n) is 3.24. The van der Waals surface area contributed by atoms with Crippen molar-refractivity contribution in [3.8, 4) is 0 Å². The van der Waals surface area contributed by atoms with Crippen molar-refractivity contribution in [1.29, 1.82) is 0 Å². The van der Waals surface area contributed by atoms with Gasteiger partial charge in [-0.3, -0.25) is 0 Å². The van der Waals surface area contributed by atoms with Gasteiger partial charge in [0, 0.05) is 25.6 Å². The molecule has 1 aromatic carbocycles. The molecule has 0 unspecified atom stereocenters. The first kappa shape index (κ1) is 16.4. The molecule has 2 saturated heterocycles. The lowest BCUT2D eigenvalue weighted by atomic mass is 10.1. The summed E-state index contributed by atoms with van der Waals surface area (Å²) < 4.78 is 33.1. The highest BCUT2D eigenvalue weighted by molar-refractivity contribution is 7.89. The number of aromatic carboxylic acids is 1. The van der Waals surface area contributed by atoms with Crippen LogP contribution in [-0.4, -0.2) is 74.6 Å². The Kier molecular flexibility index (Phi) is 4.41. The lowest BCUT2D eigenvalue weighted by Crippen LogP contribution is -2.45. The minimum absolute atomic E-state index is 0.0709. The molecule has 1 N–H and O–H groups in total. The van der Waals surface area contributed by atoms with Gasteiger partial charge in [0.05, 0.1) is 29.7 Å². The van der Waals surface area contributed by atoms with Crippen LogP contribution in [0.25, 0.3) is 0 Å². The number of rotatable bonds is 3. The molecule has 8 heteroatoms. The van der Waals surface area contributed by atoms with Gasteiger partial charge < -0.3 is 14.7 Å². The smallest absolute Gasteiger partial charge is 0.335 e. The second kappa shape index (κ2) is 6.20. The number of benzene rings is 1. The van der Waals surface area contributed by atoms with Crippen LogP contribution in [0.3, 0.4) is 0 Å². The average Bonchev–Trinajstić information content (AvgIpc) is 2.78. The Bertz CT molecular complexity index is 688. The molecule has 0 aliphatic carbocycles. The van der Waals surface area contributed by atoms with Crippen LogP contribution < -0.4 is 0 Å². The number of carboxylic acids is 1. The van der Waals surface area contributed by atoms with Crippen LogP contribution in [0.4, 0.5) is 0 Å². The van der Waals surface area contributed by atoms with E-state index in [4.69, 9.17) is 9.84 Å². The number of likely N-dealkylation sites (N-methyl/N-ethyl adjacent to an activating group) is 1. The third-order valence-electron chi connectivity index (χ3n) is 4.31. The third-order valence-corrected chi connectivity index (χ3v) is 6.24. The van der Waals surface area contributed by atoms with E-state index in [9.17, 15) is 13.2 Å².